The van der Waals surface area contributed by atoms with E-state index in [1.54, 1.807) is 18.2 Å². The number of carbonyl (C=O) groups is 1. The van der Waals surface area contributed by atoms with Crippen LogP contribution in [0.1, 0.15) is 21.5 Å². The molecule has 1 fully saturated rings. The van der Waals surface area contributed by atoms with Crippen LogP contribution in [0.3, 0.4) is 0 Å². The molecule has 5 heteroatoms. The first-order chi connectivity index (χ1) is 11.1. The largest absolute Gasteiger partial charge is 0.379 e. The summed E-state index contributed by atoms with van der Waals surface area (Å²) in [5.74, 6) is -0.0542. The molecule has 1 saturated heterocycles. The van der Waals surface area contributed by atoms with E-state index in [4.69, 9.17) is 27.9 Å². The predicted octanol–water partition coefficient (Wildman–Crippen LogP) is 4.06. The molecule has 0 atom stereocenters. The minimum absolute atomic E-state index is 0.0542. The number of nitrogens with zero attached hydrogens (tertiary/aromatic N) is 1. The van der Waals surface area contributed by atoms with Crippen molar-refractivity contribution in [3.63, 3.8) is 0 Å². The van der Waals surface area contributed by atoms with E-state index in [0.29, 0.717) is 21.2 Å². The zero-order valence-electron chi connectivity index (χ0n) is 12.6. The van der Waals surface area contributed by atoms with E-state index in [1.165, 1.54) is 5.56 Å². The highest BCUT2D eigenvalue weighted by atomic mass is 35.5. The zero-order chi connectivity index (χ0) is 16.2. The molecule has 0 aromatic heterocycles. The first kappa shape index (κ1) is 16.5. The molecule has 2 aromatic carbocycles. The second-order valence-electron chi connectivity index (χ2n) is 5.54. The standard InChI is InChI=1S/C18H17Cl2NO2/c19-16-6-5-15(11-17(16)20)18(22)14-3-1-13(2-4-14)12-21-7-9-23-10-8-21/h1-6,11H,7-10,12H2. The molecule has 0 amide bonds. The molecular formula is C18H17Cl2NO2. The Morgan fingerprint density at radius 2 is 1.61 bits per heavy atom. The number of rotatable bonds is 4. The first-order valence-electron chi connectivity index (χ1n) is 7.52. The van der Waals surface area contributed by atoms with Gasteiger partial charge in [0.1, 0.15) is 0 Å². The average Bonchev–Trinajstić information content (AvgIpc) is 2.58. The van der Waals surface area contributed by atoms with Gasteiger partial charge in [-0.3, -0.25) is 9.69 Å². The van der Waals surface area contributed by atoms with Crippen LogP contribution in [0.4, 0.5) is 0 Å². The van der Waals surface area contributed by atoms with Gasteiger partial charge in [-0.1, -0.05) is 47.5 Å². The maximum Gasteiger partial charge on any atom is 0.193 e. The van der Waals surface area contributed by atoms with Crippen LogP contribution in [0, 0.1) is 0 Å². The van der Waals surface area contributed by atoms with Crippen LogP contribution < -0.4 is 0 Å². The van der Waals surface area contributed by atoms with Crippen molar-refractivity contribution in [3.8, 4) is 0 Å². The number of hydrogen-bond acceptors (Lipinski definition) is 3. The van der Waals surface area contributed by atoms with E-state index in [0.717, 1.165) is 32.8 Å². The van der Waals surface area contributed by atoms with Crippen LogP contribution in [0.15, 0.2) is 42.5 Å². The number of carbonyl (C=O) groups excluding carboxylic acids is 1. The molecule has 3 rings (SSSR count). The van der Waals surface area contributed by atoms with Crippen LogP contribution in [0.25, 0.3) is 0 Å². The lowest BCUT2D eigenvalue weighted by Crippen LogP contribution is -2.35. The number of hydrogen-bond donors (Lipinski definition) is 0. The summed E-state index contributed by atoms with van der Waals surface area (Å²) in [6.07, 6.45) is 0. The quantitative estimate of drug-likeness (QED) is 0.779. The van der Waals surface area contributed by atoms with E-state index in [2.05, 4.69) is 4.90 Å². The highest BCUT2D eigenvalue weighted by Crippen LogP contribution is 2.24. The average molecular weight is 350 g/mol. The Morgan fingerprint density at radius 3 is 2.26 bits per heavy atom. The monoisotopic (exact) mass is 349 g/mol. The van der Waals surface area contributed by atoms with Crippen LogP contribution in [-0.4, -0.2) is 37.0 Å². The summed E-state index contributed by atoms with van der Waals surface area (Å²) in [5.41, 5.74) is 2.38. The summed E-state index contributed by atoms with van der Waals surface area (Å²) in [5, 5.41) is 0.838. The lowest BCUT2D eigenvalue weighted by atomic mass is 10.0. The number of morpholine rings is 1. The second kappa shape index (κ2) is 7.45. The lowest BCUT2D eigenvalue weighted by molar-refractivity contribution is 0.0342. The molecule has 1 aliphatic rings. The normalized spacial score (nSPS) is 15.6. The molecule has 1 heterocycles. The zero-order valence-corrected chi connectivity index (χ0v) is 14.1. The molecule has 0 aliphatic carbocycles. The van der Waals surface area contributed by atoms with Crippen LogP contribution in [0.2, 0.25) is 10.0 Å². The molecular weight excluding hydrogens is 333 g/mol. The van der Waals surface area contributed by atoms with Gasteiger partial charge in [-0.2, -0.15) is 0 Å². The van der Waals surface area contributed by atoms with Crippen LogP contribution in [-0.2, 0) is 11.3 Å². The molecule has 0 bridgehead atoms. The molecule has 0 N–H and O–H groups in total. The molecule has 0 saturated carbocycles. The van der Waals surface area contributed by atoms with Crippen molar-refractivity contribution >= 4 is 29.0 Å². The fraction of sp³-hybridized carbons (Fsp3) is 0.278. The first-order valence-corrected chi connectivity index (χ1v) is 8.28. The minimum Gasteiger partial charge on any atom is -0.379 e. The van der Waals surface area contributed by atoms with Gasteiger partial charge in [0, 0.05) is 30.8 Å². The highest BCUT2D eigenvalue weighted by Gasteiger charge is 2.13. The van der Waals surface area contributed by atoms with Crippen molar-refractivity contribution in [2.24, 2.45) is 0 Å². The summed E-state index contributed by atoms with van der Waals surface area (Å²) < 4.78 is 5.35. The van der Waals surface area contributed by atoms with Gasteiger partial charge in [0.25, 0.3) is 0 Å². The third-order valence-corrected chi connectivity index (χ3v) is 4.65. The summed E-state index contributed by atoms with van der Waals surface area (Å²) >= 11 is 11.9. The number of benzene rings is 2. The fourth-order valence-corrected chi connectivity index (χ4v) is 2.88. The Bertz CT molecular complexity index is 695. The highest BCUT2D eigenvalue weighted by molar-refractivity contribution is 6.42. The van der Waals surface area contributed by atoms with Crippen molar-refractivity contribution in [2.45, 2.75) is 6.54 Å². The maximum absolute atomic E-state index is 12.5. The molecule has 120 valence electrons. The Kier molecular flexibility index (Phi) is 5.34. The van der Waals surface area contributed by atoms with E-state index in [1.807, 2.05) is 24.3 Å². The molecule has 0 unspecified atom stereocenters. The summed E-state index contributed by atoms with van der Waals surface area (Å²) in [6.45, 7) is 4.35. The van der Waals surface area contributed by atoms with Gasteiger partial charge in [-0.25, -0.2) is 0 Å². The predicted molar refractivity (Wildman–Crippen MR) is 92.4 cm³/mol. The van der Waals surface area contributed by atoms with Gasteiger partial charge in [-0.15, -0.1) is 0 Å². The van der Waals surface area contributed by atoms with E-state index in [-0.39, 0.29) is 5.78 Å². The minimum atomic E-state index is -0.0542. The molecule has 0 radical (unpaired) electrons. The Hall–Kier alpha value is -1.39. The van der Waals surface area contributed by atoms with Gasteiger partial charge >= 0.3 is 0 Å². The fourth-order valence-electron chi connectivity index (χ4n) is 2.58. The SMILES string of the molecule is O=C(c1ccc(CN2CCOCC2)cc1)c1ccc(Cl)c(Cl)c1. The van der Waals surface area contributed by atoms with Crippen molar-refractivity contribution in [2.75, 3.05) is 26.3 Å². The maximum atomic E-state index is 12.5. The lowest BCUT2D eigenvalue weighted by Gasteiger charge is -2.26. The summed E-state index contributed by atoms with van der Waals surface area (Å²) in [6, 6.07) is 12.7. The van der Waals surface area contributed by atoms with Gasteiger partial charge in [0.2, 0.25) is 0 Å². The summed E-state index contributed by atoms with van der Waals surface area (Å²) in [7, 11) is 0. The second-order valence-corrected chi connectivity index (χ2v) is 6.36. The Morgan fingerprint density at radius 1 is 0.957 bits per heavy atom. The topological polar surface area (TPSA) is 29.5 Å². The van der Waals surface area contributed by atoms with E-state index < -0.39 is 0 Å². The third kappa shape index (κ3) is 4.12. The van der Waals surface area contributed by atoms with Gasteiger partial charge < -0.3 is 4.74 Å². The third-order valence-electron chi connectivity index (χ3n) is 3.91. The smallest absolute Gasteiger partial charge is 0.193 e. The van der Waals surface area contributed by atoms with Crippen LogP contribution >= 0.6 is 23.2 Å². The van der Waals surface area contributed by atoms with E-state index >= 15 is 0 Å². The number of ether oxygens (including phenoxy) is 1. The van der Waals surface area contributed by atoms with Crippen molar-refractivity contribution in [1.29, 1.82) is 0 Å². The summed E-state index contributed by atoms with van der Waals surface area (Å²) in [4.78, 5) is 14.8. The molecule has 23 heavy (non-hydrogen) atoms. The van der Waals surface area contributed by atoms with Gasteiger partial charge in [0.05, 0.1) is 23.3 Å². The Labute approximate surface area is 145 Å². The molecule has 1 aliphatic heterocycles. The Balaban J connectivity index is 1.70. The molecule has 3 nitrogen and oxygen atoms in total. The van der Waals surface area contributed by atoms with Crippen molar-refractivity contribution in [3.05, 3.63) is 69.2 Å². The van der Waals surface area contributed by atoms with Gasteiger partial charge in [-0.05, 0) is 23.8 Å². The molecule has 0 spiro atoms. The van der Waals surface area contributed by atoms with Gasteiger partial charge in [0.15, 0.2) is 5.78 Å². The van der Waals surface area contributed by atoms with E-state index in [9.17, 15) is 4.79 Å². The molecule has 2 aromatic rings. The number of ketones is 1. The van der Waals surface area contributed by atoms with Crippen molar-refractivity contribution in [1.82, 2.24) is 4.90 Å². The van der Waals surface area contributed by atoms with Crippen LogP contribution in [0.5, 0.6) is 0 Å². The number of halogens is 2. The van der Waals surface area contributed by atoms with Crippen molar-refractivity contribution < 1.29 is 9.53 Å².